The molecule has 1 aliphatic heterocycles. The van der Waals surface area contributed by atoms with Gasteiger partial charge in [-0.1, -0.05) is 0 Å². The molecule has 7 heteroatoms. The Labute approximate surface area is 136 Å². The van der Waals surface area contributed by atoms with Crippen LogP contribution in [-0.2, 0) is 13.6 Å². The van der Waals surface area contributed by atoms with Crippen molar-refractivity contribution < 1.29 is 5.11 Å². The van der Waals surface area contributed by atoms with Crippen molar-refractivity contribution in [2.24, 2.45) is 13.0 Å². The Morgan fingerprint density at radius 1 is 1.39 bits per heavy atom. The van der Waals surface area contributed by atoms with Gasteiger partial charge in [-0.05, 0) is 25.7 Å². The van der Waals surface area contributed by atoms with E-state index in [2.05, 4.69) is 32.2 Å². The normalized spacial score (nSPS) is 18.2. The third-order valence-corrected chi connectivity index (χ3v) is 4.55. The predicted molar refractivity (Wildman–Crippen MR) is 89.3 cm³/mol. The number of rotatable bonds is 5. The molecule has 2 aromatic rings. The number of hydrogen-bond acceptors (Lipinski definition) is 6. The molecule has 7 nitrogen and oxygen atoms in total. The molecule has 1 aliphatic rings. The molecule has 0 radical (unpaired) electrons. The van der Waals surface area contributed by atoms with Gasteiger partial charge in [-0.3, -0.25) is 4.68 Å². The Balaban J connectivity index is 1.66. The zero-order chi connectivity index (χ0) is 16.2. The van der Waals surface area contributed by atoms with Crippen molar-refractivity contribution in [2.75, 3.05) is 29.9 Å². The van der Waals surface area contributed by atoms with Crippen LogP contribution in [0.25, 0.3) is 0 Å². The molecule has 0 saturated carbocycles. The maximum Gasteiger partial charge on any atom is 0.134 e. The number of piperidine rings is 1. The van der Waals surface area contributed by atoms with Crippen LogP contribution in [0.4, 0.5) is 11.6 Å². The van der Waals surface area contributed by atoms with E-state index in [0.717, 1.165) is 48.8 Å². The molecule has 1 saturated heterocycles. The molecular weight excluding hydrogens is 292 g/mol. The summed E-state index contributed by atoms with van der Waals surface area (Å²) in [5.74, 6) is 2.07. The molecule has 23 heavy (non-hydrogen) atoms. The zero-order valence-electron chi connectivity index (χ0n) is 13.7. The van der Waals surface area contributed by atoms with Crippen molar-refractivity contribution >= 4 is 11.6 Å². The Kier molecular flexibility index (Phi) is 4.76. The first-order chi connectivity index (χ1) is 11.2. The van der Waals surface area contributed by atoms with E-state index in [1.807, 2.05) is 24.0 Å². The molecule has 0 bridgehead atoms. The van der Waals surface area contributed by atoms with E-state index in [1.54, 1.807) is 6.33 Å². The standard InChI is InChI=1S/C16H24N6O/c1-12-14(8-20-21(12)2)7-17-15-6-16(19-11-18-15)22-5-3-4-13(9-22)10-23/h6,8,11,13,23H,3-5,7,9-10H2,1-2H3,(H,17,18,19). The number of aryl methyl sites for hydroxylation is 1. The van der Waals surface area contributed by atoms with E-state index in [9.17, 15) is 5.11 Å². The van der Waals surface area contributed by atoms with Crippen LogP contribution in [0, 0.1) is 12.8 Å². The largest absolute Gasteiger partial charge is 0.396 e. The summed E-state index contributed by atoms with van der Waals surface area (Å²) < 4.78 is 1.87. The van der Waals surface area contributed by atoms with E-state index < -0.39 is 0 Å². The molecule has 0 aliphatic carbocycles. The molecule has 1 unspecified atom stereocenters. The maximum absolute atomic E-state index is 9.37. The number of aliphatic hydroxyl groups is 1. The summed E-state index contributed by atoms with van der Waals surface area (Å²) in [6.45, 7) is 4.82. The average Bonchev–Trinajstić information content (AvgIpc) is 2.92. The van der Waals surface area contributed by atoms with Gasteiger partial charge >= 0.3 is 0 Å². The highest BCUT2D eigenvalue weighted by Crippen LogP contribution is 2.22. The van der Waals surface area contributed by atoms with Crippen molar-refractivity contribution in [3.05, 3.63) is 29.8 Å². The minimum atomic E-state index is 0.243. The molecule has 1 fully saturated rings. The van der Waals surface area contributed by atoms with Gasteiger partial charge in [0.15, 0.2) is 0 Å². The highest BCUT2D eigenvalue weighted by molar-refractivity contribution is 5.49. The van der Waals surface area contributed by atoms with E-state index in [-0.39, 0.29) is 6.61 Å². The van der Waals surface area contributed by atoms with Crippen molar-refractivity contribution in [1.82, 2.24) is 19.7 Å². The van der Waals surface area contributed by atoms with Gasteiger partial charge in [-0.2, -0.15) is 5.10 Å². The highest BCUT2D eigenvalue weighted by atomic mass is 16.3. The quantitative estimate of drug-likeness (QED) is 0.866. The second-order valence-corrected chi connectivity index (χ2v) is 6.13. The summed E-state index contributed by atoms with van der Waals surface area (Å²) in [5, 5.41) is 17.0. The van der Waals surface area contributed by atoms with E-state index in [0.29, 0.717) is 12.5 Å². The molecule has 0 amide bonds. The van der Waals surface area contributed by atoms with Crippen molar-refractivity contribution in [3.8, 4) is 0 Å². The van der Waals surface area contributed by atoms with Gasteiger partial charge in [0.05, 0.1) is 6.20 Å². The van der Waals surface area contributed by atoms with Gasteiger partial charge in [-0.15, -0.1) is 0 Å². The first kappa shape index (κ1) is 15.7. The van der Waals surface area contributed by atoms with Crippen LogP contribution in [0.3, 0.4) is 0 Å². The Bertz CT molecular complexity index is 656. The van der Waals surface area contributed by atoms with E-state index >= 15 is 0 Å². The topological polar surface area (TPSA) is 79.1 Å². The molecule has 1 atom stereocenters. The number of hydrogen-bond donors (Lipinski definition) is 2. The lowest BCUT2D eigenvalue weighted by Gasteiger charge is -2.32. The van der Waals surface area contributed by atoms with Crippen LogP contribution >= 0.6 is 0 Å². The fourth-order valence-corrected chi connectivity index (χ4v) is 2.94. The Morgan fingerprint density at radius 3 is 3.00 bits per heavy atom. The van der Waals surface area contributed by atoms with Crippen molar-refractivity contribution in [3.63, 3.8) is 0 Å². The summed E-state index contributed by atoms with van der Waals surface area (Å²) in [6, 6.07) is 1.98. The van der Waals surface area contributed by atoms with Crippen LogP contribution in [0.15, 0.2) is 18.6 Å². The van der Waals surface area contributed by atoms with Gasteiger partial charge in [-0.25, -0.2) is 9.97 Å². The summed E-state index contributed by atoms with van der Waals surface area (Å²) in [5.41, 5.74) is 2.31. The van der Waals surface area contributed by atoms with E-state index in [1.165, 1.54) is 0 Å². The smallest absolute Gasteiger partial charge is 0.134 e. The molecule has 3 heterocycles. The van der Waals surface area contributed by atoms with Gasteiger partial charge in [0, 0.05) is 50.6 Å². The Morgan fingerprint density at radius 2 is 2.26 bits per heavy atom. The zero-order valence-corrected chi connectivity index (χ0v) is 13.7. The van der Waals surface area contributed by atoms with Gasteiger partial charge in [0.2, 0.25) is 0 Å². The summed E-state index contributed by atoms with van der Waals surface area (Å²) in [6.07, 6.45) is 5.65. The van der Waals surface area contributed by atoms with Crippen LogP contribution in [-0.4, -0.2) is 44.6 Å². The molecule has 3 rings (SSSR count). The van der Waals surface area contributed by atoms with Gasteiger partial charge in [0.1, 0.15) is 18.0 Å². The van der Waals surface area contributed by atoms with Crippen LogP contribution in [0.1, 0.15) is 24.1 Å². The lowest BCUT2D eigenvalue weighted by Crippen LogP contribution is -2.37. The lowest BCUT2D eigenvalue weighted by molar-refractivity contribution is 0.208. The first-order valence-electron chi connectivity index (χ1n) is 8.06. The van der Waals surface area contributed by atoms with Crippen molar-refractivity contribution in [2.45, 2.75) is 26.3 Å². The minimum absolute atomic E-state index is 0.243. The number of aromatic nitrogens is 4. The van der Waals surface area contributed by atoms with Crippen LogP contribution in [0.2, 0.25) is 0 Å². The number of aliphatic hydroxyl groups excluding tert-OH is 1. The third-order valence-electron chi connectivity index (χ3n) is 4.55. The minimum Gasteiger partial charge on any atom is -0.396 e. The molecule has 2 N–H and O–H groups in total. The molecule has 124 valence electrons. The second kappa shape index (κ2) is 6.95. The summed E-state index contributed by atoms with van der Waals surface area (Å²) in [7, 11) is 1.94. The first-order valence-corrected chi connectivity index (χ1v) is 8.06. The monoisotopic (exact) mass is 316 g/mol. The van der Waals surface area contributed by atoms with Crippen LogP contribution in [0.5, 0.6) is 0 Å². The van der Waals surface area contributed by atoms with E-state index in [4.69, 9.17) is 0 Å². The van der Waals surface area contributed by atoms with Crippen LogP contribution < -0.4 is 10.2 Å². The Hall–Kier alpha value is -2.15. The molecule has 0 aromatic carbocycles. The number of nitrogens with zero attached hydrogens (tertiary/aromatic N) is 5. The molecule has 2 aromatic heterocycles. The molecular formula is C16H24N6O. The predicted octanol–water partition coefficient (Wildman–Crippen LogP) is 1.34. The third kappa shape index (κ3) is 3.61. The SMILES string of the molecule is Cc1c(CNc2cc(N3CCCC(CO)C3)ncn2)cnn1C. The lowest BCUT2D eigenvalue weighted by atomic mass is 9.99. The maximum atomic E-state index is 9.37. The number of nitrogens with one attached hydrogen (secondary N) is 1. The number of anilines is 2. The van der Waals surface area contributed by atoms with Gasteiger partial charge in [0.25, 0.3) is 0 Å². The fourth-order valence-electron chi connectivity index (χ4n) is 2.94. The summed E-state index contributed by atoms with van der Waals surface area (Å²) >= 11 is 0. The average molecular weight is 316 g/mol. The van der Waals surface area contributed by atoms with Crippen molar-refractivity contribution in [1.29, 1.82) is 0 Å². The summed E-state index contributed by atoms with van der Waals surface area (Å²) in [4.78, 5) is 10.9. The van der Waals surface area contributed by atoms with Gasteiger partial charge < -0.3 is 15.3 Å². The highest BCUT2D eigenvalue weighted by Gasteiger charge is 2.20. The second-order valence-electron chi connectivity index (χ2n) is 6.13. The fraction of sp³-hybridized carbons (Fsp3) is 0.562. The molecule has 0 spiro atoms.